The molecule has 0 aromatic heterocycles. The number of hydrogen-bond donors (Lipinski definition) is 1. The monoisotopic (exact) mass is 287 g/mol. The summed E-state index contributed by atoms with van der Waals surface area (Å²) in [7, 11) is 0. The summed E-state index contributed by atoms with van der Waals surface area (Å²) >= 11 is 0. The SMILES string of the molecule is Cl.O=C1CCC(=O)N1CCN1CCC2CNCC2C1. The standard InChI is InChI=1S/C13H21N3O2.ClH/c17-12-1-2-13(18)16(12)6-5-15-4-3-10-7-14-8-11(10)9-15;/h10-11,14H,1-9H2;1H. The van der Waals surface area contributed by atoms with Crippen molar-refractivity contribution in [2.45, 2.75) is 19.3 Å². The maximum absolute atomic E-state index is 11.5. The van der Waals surface area contributed by atoms with Crippen molar-refractivity contribution in [1.82, 2.24) is 15.1 Å². The molecule has 2 atom stereocenters. The summed E-state index contributed by atoms with van der Waals surface area (Å²) in [6, 6.07) is 0. The zero-order valence-electron chi connectivity index (χ0n) is 11.1. The first-order valence-corrected chi connectivity index (χ1v) is 7.00. The van der Waals surface area contributed by atoms with Crippen molar-refractivity contribution in [2.75, 3.05) is 39.3 Å². The number of halogens is 1. The number of rotatable bonds is 3. The van der Waals surface area contributed by atoms with Crippen molar-refractivity contribution < 1.29 is 9.59 Å². The first-order chi connectivity index (χ1) is 8.74. The highest BCUT2D eigenvalue weighted by molar-refractivity contribution is 6.01. The highest BCUT2D eigenvalue weighted by Gasteiger charge is 2.34. The molecule has 1 N–H and O–H groups in total. The van der Waals surface area contributed by atoms with E-state index in [1.807, 2.05) is 0 Å². The second-order valence-electron chi connectivity index (χ2n) is 5.71. The lowest BCUT2D eigenvalue weighted by Gasteiger charge is -2.35. The van der Waals surface area contributed by atoms with Gasteiger partial charge in [0.25, 0.3) is 0 Å². The molecule has 0 bridgehead atoms. The molecule has 2 amide bonds. The fourth-order valence-corrected chi connectivity index (χ4v) is 3.43. The first kappa shape index (κ1) is 14.8. The fourth-order valence-electron chi connectivity index (χ4n) is 3.43. The molecular weight excluding hydrogens is 266 g/mol. The highest BCUT2D eigenvalue weighted by atomic mass is 35.5. The van der Waals surface area contributed by atoms with Crippen LogP contribution in [0.4, 0.5) is 0 Å². The minimum Gasteiger partial charge on any atom is -0.316 e. The molecule has 0 saturated carbocycles. The van der Waals surface area contributed by atoms with E-state index in [-0.39, 0.29) is 24.2 Å². The van der Waals surface area contributed by atoms with Crippen LogP contribution in [0.3, 0.4) is 0 Å². The molecule has 0 radical (unpaired) electrons. The largest absolute Gasteiger partial charge is 0.316 e. The van der Waals surface area contributed by atoms with E-state index in [2.05, 4.69) is 10.2 Å². The zero-order chi connectivity index (χ0) is 12.5. The van der Waals surface area contributed by atoms with E-state index >= 15 is 0 Å². The molecule has 0 spiro atoms. The summed E-state index contributed by atoms with van der Waals surface area (Å²) in [5.41, 5.74) is 0. The van der Waals surface area contributed by atoms with Gasteiger partial charge in [-0.05, 0) is 37.9 Å². The van der Waals surface area contributed by atoms with Crippen LogP contribution in [0.1, 0.15) is 19.3 Å². The van der Waals surface area contributed by atoms with Crippen molar-refractivity contribution in [1.29, 1.82) is 0 Å². The van der Waals surface area contributed by atoms with Crippen molar-refractivity contribution in [2.24, 2.45) is 11.8 Å². The Morgan fingerprint density at radius 1 is 1.05 bits per heavy atom. The van der Waals surface area contributed by atoms with Crippen molar-refractivity contribution >= 4 is 24.2 Å². The van der Waals surface area contributed by atoms with E-state index < -0.39 is 0 Å². The van der Waals surface area contributed by atoms with E-state index in [0.29, 0.717) is 19.4 Å². The Balaban J connectivity index is 0.00000133. The average Bonchev–Trinajstić information content (AvgIpc) is 2.94. The van der Waals surface area contributed by atoms with Gasteiger partial charge in [-0.25, -0.2) is 0 Å². The van der Waals surface area contributed by atoms with Gasteiger partial charge >= 0.3 is 0 Å². The molecule has 0 aliphatic carbocycles. The number of likely N-dealkylation sites (tertiary alicyclic amines) is 2. The van der Waals surface area contributed by atoms with Crippen molar-refractivity contribution in [3.63, 3.8) is 0 Å². The number of carbonyl (C=O) groups excluding carboxylic acids is 2. The van der Waals surface area contributed by atoms with E-state index in [0.717, 1.165) is 38.0 Å². The maximum Gasteiger partial charge on any atom is 0.229 e. The Hall–Kier alpha value is -0.650. The highest BCUT2D eigenvalue weighted by Crippen LogP contribution is 2.26. The van der Waals surface area contributed by atoms with Gasteiger partial charge in [-0.2, -0.15) is 0 Å². The van der Waals surface area contributed by atoms with Gasteiger partial charge in [0, 0.05) is 32.5 Å². The van der Waals surface area contributed by atoms with Crippen LogP contribution in [0.2, 0.25) is 0 Å². The van der Waals surface area contributed by atoms with E-state index in [1.54, 1.807) is 0 Å². The smallest absolute Gasteiger partial charge is 0.229 e. The number of nitrogens with one attached hydrogen (secondary N) is 1. The van der Waals surface area contributed by atoms with E-state index in [1.165, 1.54) is 17.9 Å². The third-order valence-electron chi connectivity index (χ3n) is 4.58. The van der Waals surface area contributed by atoms with Gasteiger partial charge in [0.1, 0.15) is 0 Å². The molecule has 3 aliphatic rings. The minimum atomic E-state index is 0. The number of imide groups is 1. The number of piperidine rings is 1. The van der Waals surface area contributed by atoms with E-state index in [4.69, 9.17) is 0 Å². The predicted octanol–water partition coefficient (Wildman–Crippen LogP) is 0.0985. The van der Waals surface area contributed by atoms with Gasteiger partial charge in [-0.3, -0.25) is 14.5 Å². The van der Waals surface area contributed by atoms with Gasteiger partial charge in [0.2, 0.25) is 11.8 Å². The Morgan fingerprint density at radius 3 is 2.47 bits per heavy atom. The van der Waals surface area contributed by atoms with Crippen LogP contribution in [0, 0.1) is 11.8 Å². The second-order valence-corrected chi connectivity index (χ2v) is 5.71. The Kier molecular flexibility index (Phi) is 4.81. The molecule has 19 heavy (non-hydrogen) atoms. The topological polar surface area (TPSA) is 52.7 Å². The first-order valence-electron chi connectivity index (χ1n) is 7.00. The van der Waals surface area contributed by atoms with Gasteiger partial charge in [-0.1, -0.05) is 0 Å². The lowest BCUT2D eigenvalue weighted by Crippen LogP contribution is -2.44. The maximum atomic E-state index is 11.5. The molecule has 3 fully saturated rings. The number of amides is 2. The molecule has 0 aromatic carbocycles. The summed E-state index contributed by atoms with van der Waals surface area (Å²) in [5.74, 6) is 1.63. The molecule has 3 aliphatic heterocycles. The fraction of sp³-hybridized carbons (Fsp3) is 0.846. The molecular formula is C13H22ClN3O2. The Labute approximate surface area is 120 Å². The lowest BCUT2D eigenvalue weighted by molar-refractivity contribution is -0.138. The van der Waals surface area contributed by atoms with Crippen LogP contribution in [-0.4, -0.2) is 60.9 Å². The van der Waals surface area contributed by atoms with Crippen LogP contribution in [0.15, 0.2) is 0 Å². The quantitative estimate of drug-likeness (QED) is 0.748. The second kappa shape index (κ2) is 6.20. The van der Waals surface area contributed by atoms with E-state index in [9.17, 15) is 9.59 Å². The molecule has 3 heterocycles. The van der Waals surface area contributed by atoms with Gasteiger partial charge in [-0.15, -0.1) is 12.4 Å². The minimum absolute atomic E-state index is 0. The molecule has 3 rings (SSSR count). The van der Waals surface area contributed by atoms with Crippen LogP contribution in [0.5, 0.6) is 0 Å². The Bertz CT molecular complexity index is 348. The third-order valence-corrected chi connectivity index (χ3v) is 4.58. The zero-order valence-corrected chi connectivity index (χ0v) is 12.0. The van der Waals surface area contributed by atoms with Gasteiger partial charge in [0.05, 0.1) is 0 Å². The number of hydrogen-bond acceptors (Lipinski definition) is 4. The third kappa shape index (κ3) is 3.09. The van der Waals surface area contributed by atoms with Crippen LogP contribution in [0.25, 0.3) is 0 Å². The van der Waals surface area contributed by atoms with Crippen molar-refractivity contribution in [3.05, 3.63) is 0 Å². The lowest BCUT2D eigenvalue weighted by atomic mass is 9.89. The number of fused-ring (bicyclic) bond motifs is 1. The average molecular weight is 288 g/mol. The summed E-state index contributed by atoms with van der Waals surface area (Å²) in [5, 5.41) is 3.45. The van der Waals surface area contributed by atoms with Crippen LogP contribution in [-0.2, 0) is 9.59 Å². The molecule has 0 aromatic rings. The number of carbonyl (C=O) groups is 2. The summed E-state index contributed by atoms with van der Waals surface area (Å²) in [4.78, 5) is 26.9. The van der Waals surface area contributed by atoms with Gasteiger partial charge < -0.3 is 10.2 Å². The molecule has 2 unspecified atom stereocenters. The molecule has 108 valence electrons. The summed E-state index contributed by atoms with van der Waals surface area (Å²) in [6.45, 7) is 5.96. The summed E-state index contributed by atoms with van der Waals surface area (Å²) in [6.07, 6.45) is 2.07. The van der Waals surface area contributed by atoms with Crippen LogP contribution >= 0.6 is 12.4 Å². The van der Waals surface area contributed by atoms with Gasteiger partial charge in [0.15, 0.2) is 0 Å². The molecule has 5 nitrogen and oxygen atoms in total. The van der Waals surface area contributed by atoms with Crippen LogP contribution < -0.4 is 5.32 Å². The Morgan fingerprint density at radius 2 is 1.74 bits per heavy atom. The normalized spacial score (nSPS) is 31.5. The summed E-state index contributed by atoms with van der Waals surface area (Å²) < 4.78 is 0. The van der Waals surface area contributed by atoms with Crippen molar-refractivity contribution in [3.8, 4) is 0 Å². The number of nitrogens with zero attached hydrogens (tertiary/aromatic N) is 2. The predicted molar refractivity (Wildman–Crippen MR) is 74.1 cm³/mol. The molecule has 6 heteroatoms. The molecule has 3 saturated heterocycles.